The number of hydrogen-bond donors (Lipinski definition) is 3. The minimum atomic E-state index is -0.831. The van der Waals surface area contributed by atoms with Crippen LogP contribution in [-0.4, -0.2) is 36.8 Å². The van der Waals surface area contributed by atoms with Gasteiger partial charge in [-0.05, 0) is 12.1 Å². The van der Waals surface area contributed by atoms with Crippen molar-refractivity contribution >= 4 is 23.3 Å². The summed E-state index contributed by atoms with van der Waals surface area (Å²) >= 11 is 6.09. The molecule has 1 aromatic rings. The van der Waals surface area contributed by atoms with Gasteiger partial charge in [-0.25, -0.2) is 0 Å². The molecule has 0 bridgehead atoms. The summed E-state index contributed by atoms with van der Waals surface area (Å²) in [5.41, 5.74) is 0.223. The summed E-state index contributed by atoms with van der Waals surface area (Å²) in [6.07, 6.45) is 0.0491. The molecule has 3 N–H and O–H groups in total. The molecule has 0 saturated carbocycles. The number of rotatable bonds is 5. The van der Waals surface area contributed by atoms with Gasteiger partial charge in [0.2, 0.25) is 0 Å². The minimum absolute atomic E-state index is 0.0491. The summed E-state index contributed by atoms with van der Waals surface area (Å²) < 4.78 is 5.13. The van der Waals surface area contributed by atoms with E-state index in [0.717, 1.165) is 0 Å². The number of benzene rings is 1. The minimum Gasteiger partial charge on any atom is -0.497 e. The first kappa shape index (κ1) is 13.0. The van der Waals surface area contributed by atoms with Crippen molar-refractivity contribution in [2.45, 2.75) is 12.0 Å². The summed E-state index contributed by atoms with van der Waals surface area (Å²) in [4.78, 5) is 10.9. The van der Waals surface area contributed by atoms with Gasteiger partial charge < -0.3 is 20.5 Å². The lowest BCUT2D eigenvalue weighted by atomic mass is 9.88. The van der Waals surface area contributed by atoms with Crippen LogP contribution in [-0.2, 0) is 4.79 Å². The molecule has 1 aliphatic rings. The molecule has 0 atom stereocenters. The molecule has 1 fully saturated rings. The first-order valence-electron chi connectivity index (χ1n) is 5.59. The molecule has 2 rings (SSSR count). The van der Waals surface area contributed by atoms with Crippen LogP contribution in [0.3, 0.4) is 0 Å². The zero-order valence-corrected chi connectivity index (χ0v) is 10.8. The fourth-order valence-electron chi connectivity index (χ4n) is 1.99. The highest BCUT2D eigenvalue weighted by Crippen LogP contribution is 2.31. The molecular formula is C12H15ClN2O3. The van der Waals surface area contributed by atoms with Gasteiger partial charge in [-0.3, -0.25) is 4.79 Å². The third kappa shape index (κ3) is 2.68. The molecule has 1 heterocycles. The Hall–Kier alpha value is -1.46. The highest BCUT2D eigenvalue weighted by molar-refractivity contribution is 6.33. The van der Waals surface area contributed by atoms with Crippen molar-refractivity contribution in [1.29, 1.82) is 0 Å². The summed E-state index contributed by atoms with van der Waals surface area (Å²) in [6, 6.07) is 5.25. The van der Waals surface area contributed by atoms with Crippen molar-refractivity contribution in [3.63, 3.8) is 0 Å². The third-order valence-corrected chi connectivity index (χ3v) is 3.32. The summed E-state index contributed by atoms with van der Waals surface area (Å²) in [5, 5.41) is 15.8. The maximum Gasteiger partial charge on any atom is 0.305 e. The maximum atomic E-state index is 10.9. The SMILES string of the molecule is COc1ccc(Cl)c(NC2(CC(=O)O)CNC2)c1. The highest BCUT2D eigenvalue weighted by atomic mass is 35.5. The normalized spacial score (nSPS) is 16.8. The lowest BCUT2D eigenvalue weighted by Gasteiger charge is -2.43. The van der Waals surface area contributed by atoms with Crippen LogP contribution in [0.5, 0.6) is 5.75 Å². The van der Waals surface area contributed by atoms with E-state index in [2.05, 4.69) is 10.6 Å². The van der Waals surface area contributed by atoms with Crippen LogP contribution in [0.15, 0.2) is 18.2 Å². The van der Waals surface area contributed by atoms with E-state index in [4.69, 9.17) is 21.4 Å². The third-order valence-electron chi connectivity index (χ3n) is 2.99. The van der Waals surface area contributed by atoms with E-state index in [1.54, 1.807) is 25.3 Å². The maximum absolute atomic E-state index is 10.9. The van der Waals surface area contributed by atoms with Gasteiger partial charge in [0.05, 0.1) is 29.8 Å². The number of carbonyl (C=O) groups is 1. The Labute approximate surface area is 110 Å². The number of hydrogen-bond acceptors (Lipinski definition) is 4. The molecule has 0 radical (unpaired) electrons. The van der Waals surface area contributed by atoms with Crippen LogP contribution in [0.4, 0.5) is 5.69 Å². The Bertz CT molecular complexity index is 461. The van der Waals surface area contributed by atoms with Crippen LogP contribution < -0.4 is 15.4 Å². The van der Waals surface area contributed by atoms with Crippen LogP contribution in [0.1, 0.15) is 6.42 Å². The molecule has 1 aliphatic heterocycles. The number of nitrogens with one attached hydrogen (secondary N) is 2. The van der Waals surface area contributed by atoms with Gasteiger partial charge in [-0.2, -0.15) is 0 Å². The fraction of sp³-hybridized carbons (Fsp3) is 0.417. The molecule has 0 unspecified atom stereocenters. The number of methoxy groups -OCH3 is 1. The molecule has 0 aromatic heterocycles. The zero-order valence-electron chi connectivity index (χ0n) is 10.00. The van der Waals surface area contributed by atoms with Crippen LogP contribution in [0.25, 0.3) is 0 Å². The van der Waals surface area contributed by atoms with Crippen LogP contribution in [0, 0.1) is 0 Å². The fourth-order valence-corrected chi connectivity index (χ4v) is 2.15. The van der Waals surface area contributed by atoms with Crippen molar-refractivity contribution < 1.29 is 14.6 Å². The van der Waals surface area contributed by atoms with E-state index in [1.807, 2.05) is 0 Å². The van der Waals surface area contributed by atoms with Crippen molar-refractivity contribution in [2.75, 3.05) is 25.5 Å². The average molecular weight is 271 g/mol. The number of carboxylic acid groups (broad SMARTS) is 1. The van der Waals surface area contributed by atoms with E-state index in [0.29, 0.717) is 29.5 Å². The molecular weight excluding hydrogens is 256 g/mol. The van der Waals surface area contributed by atoms with Crippen molar-refractivity contribution in [1.82, 2.24) is 5.32 Å². The Kier molecular flexibility index (Phi) is 3.63. The smallest absolute Gasteiger partial charge is 0.305 e. The lowest BCUT2D eigenvalue weighted by Crippen LogP contribution is -2.65. The molecule has 1 aromatic carbocycles. The van der Waals surface area contributed by atoms with Gasteiger partial charge in [0, 0.05) is 19.2 Å². The Balaban J connectivity index is 2.19. The molecule has 1 saturated heterocycles. The number of aliphatic carboxylic acids is 1. The van der Waals surface area contributed by atoms with Crippen molar-refractivity contribution in [2.24, 2.45) is 0 Å². The van der Waals surface area contributed by atoms with Gasteiger partial charge in [-0.1, -0.05) is 11.6 Å². The Morgan fingerprint density at radius 1 is 1.61 bits per heavy atom. The second-order valence-electron chi connectivity index (χ2n) is 4.43. The van der Waals surface area contributed by atoms with E-state index >= 15 is 0 Å². The van der Waals surface area contributed by atoms with Gasteiger partial charge in [0.1, 0.15) is 5.75 Å². The quantitative estimate of drug-likeness (QED) is 0.758. The predicted octanol–water partition coefficient (Wildman–Crippen LogP) is 1.58. The first-order chi connectivity index (χ1) is 8.54. The Morgan fingerprint density at radius 2 is 2.33 bits per heavy atom. The van der Waals surface area contributed by atoms with E-state index in [9.17, 15) is 4.79 Å². The molecule has 0 amide bonds. The lowest BCUT2D eigenvalue weighted by molar-refractivity contribution is -0.138. The van der Waals surface area contributed by atoms with Gasteiger partial charge >= 0.3 is 5.97 Å². The standard InChI is InChI=1S/C12H15ClN2O3/c1-18-8-2-3-9(13)10(4-8)15-12(5-11(16)17)6-14-7-12/h2-4,14-15H,5-7H2,1H3,(H,16,17). The van der Waals surface area contributed by atoms with Crippen LogP contribution in [0.2, 0.25) is 5.02 Å². The topological polar surface area (TPSA) is 70.6 Å². The monoisotopic (exact) mass is 270 g/mol. The number of ether oxygens (including phenoxy) is 1. The molecule has 0 aliphatic carbocycles. The van der Waals surface area contributed by atoms with Crippen molar-refractivity contribution in [3.8, 4) is 5.75 Å². The van der Waals surface area contributed by atoms with Crippen LogP contribution >= 0.6 is 11.6 Å². The molecule has 18 heavy (non-hydrogen) atoms. The highest BCUT2D eigenvalue weighted by Gasteiger charge is 2.39. The largest absolute Gasteiger partial charge is 0.497 e. The average Bonchev–Trinajstić information content (AvgIpc) is 2.28. The summed E-state index contributed by atoms with van der Waals surface area (Å²) in [5.74, 6) is -0.150. The molecule has 6 heteroatoms. The number of anilines is 1. The Morgan fingerprint density at radius 3 is 2.83 bits per heavy atom. The second-order valence-corrected chi connectivity index (χ2v) is 4.83. The van der Waals surface area contributed by atoms with E-state index in [-0.39, 0.29) is 6.42 Å². The summed E-state index contributed by atoms with van der Waals surface area (Å²) in [7, 11) is 1.57. The van der Waals surface area contributed by atoms with E-state index in [1.165, 1.54) is 0 Å². The summed E-state index contributed by atoms with van der Waals surface area (Å²) in [6.45, 7) is 1.21. The van der Waals surface area contributed by atoms with E-state index < -0.39 is 11.5 Å². The van der Waals surface area contributed by atoms with Gasteiger partial charge in [0.15, 0.2) is 0 Å². The molecule has 0 spiro atoms. The second kappa shape index (κ2) is 5.04. The van der Waals surface area contributed by atoms with Gasteiger partial charge in [-0.15, -0.1) is 0 Å². The zero-order chi connectivity index (χ0) is 13.2. The molecule has 98 valence electrons. The van der Waals surface area contributed by atoms with Gasteiger partial charge in [0.25, 0.3) is 0 Å². The number of carboxylic acids is 1. The first-order valence-corrected chi connectivity index (χ1v) is 5.97. The number of halogens is 1. The van der Waals surface area contributed by atoms with Crippen molar-refractivity contribution in [3.05, 3.63) is 23.2 Å². The predicted molar refractivity (Wildman–Crippen MR) is 69.5 cm³/mol. The molecule has 5 nitrogen and oxygen atoms in total.